The van der Waals surface area contributed by atoms with Crippen LogP contribution in [0.25, 0.3) is 0 Å². The van der Waals surface area contributed by atoms with Gasteiger partial charge in [-0.05, 0) is 18.2 Å². The van der Waals surface area contributed by atoms with E-state index in [4.69, 9.17) is 9.42 Å². The molecular weight excluding hydrogens is 210 g/mol. The van der Waals surface area contributed by atoms with Crippen LogP contribution in [0, 0.1) is 0 Å². The average Bonchev–Trinajstić information content (AvgIpc) is 1.78. The summed E-state index contributed by atoms with van der Waals surface area (Å²) in [5.41, 5.74) is -2.68. The van der Waals surface area contributed by atoms with Crippen molar-refractivity contribution in [3.05, 3.63) is 0 Å². The third-order valence-electron chi connectivity index (χ3n) is 1.01. The summed E-state index contributed by atoms with van der Waals surface area (Å²) < 4.78 is 4.88. The Morgan fingerprint density at radius 2 is 2.09 bits per heavy atom. The molecule has 1 unspecified atom stereocenters. The Balaban J connectivity index is 0. The molecule has 0 aromatic rings. The summed E-state index contributed by atoms with van der Waals surface area (Å²) in [7, 11) is 0. The first-order chi connectivity index (χ1) is 4.56. The molecule has 11 heavy (non-hydrogen) atoms. The van der Waals surface area contributed by atoms with Crippen LogP contribution in [-0.2, 0) is 16.3 Å². The van der Waals surface area contributed by atoms with E-state index in [2.05, 4.69) is 31.0 Å². The Kier molecular flexibility index (Phi) is 11.9. The first-order valence-electron chi connectivity index (χ1n) is 3.26. The Labute approximate surface area is 101 Å². The van der Waals surface area contributed by atoms with Gasteiger partial charge < -0.3 is 9.42 Å². The minimum Gasteiger partial charge on any atom is -0.338 e. The Morgan fingerprint density at radius 3 is 2.45 bits per heavy atom. The maximum absolute atomic E-state index is 8.88. The number of hydrogen-bond acceptors (Lipinski definition) is 2. The normalized spacial score (nSPS) is 15.2. The van der Waals surface area contributed by atoms with Crippen LogP contribution in [0.4, 0.5) is 0 Å². The fourth-order valence-electron chi connectivity index (χ4n) is 0.536. The molecule has 0 bridgehead atoms. The first-order valence-corrected chi connectivity index (χ1v) is 7.09. The SMILES string of the molecule is CCCCCOP(O)(=S)S.[Na]. The molecule has 1 atom stereocenters. The van der Waals surface area contributed by atoms with Crippen LogP contribution in [0.5, 0.6) is 0 Å². The second kappa shape index (κ2) is 8.52. The van der Waals surface area contributed by atoms with E-state index in [1.165, 1.54) is 0 Å². The molecule has 0 heterocycles. The number of unbranched alkanes of at least 4 members (excludes halogenated alkanes) is 2. The van der Waals surface area contributed by atoms with E-state index in [0.717, 1.165) is 19.3 Å². The molecule has 2 nitrogen and oxygen atoms in total. The molecule has 0 aliphatic heterocycles. The van der Waals surface area contributed by atoms with Crippen molar-refractivity contribution in [2.45, 2.75) is 26.2 Å². The third-order valence-corrected chi connectivity index (χ3v) is 2.19. The van der Waals surface area contributed by atoms with E-state index < -0.39 is 5.69 Å². The molecule has 0 aliphatic carbocycles. The summed E-state index contributed by atoms with van der Waals surface area (Å²) in [4.78, 5) is 8.88. The second-order valence-corrected chi connectivity index (χ2v) is 7.19. The standard InChI is InChI=1S/C5H13O2PS2.Na/c1-2-3-4-5-7-8(6,9)10;/h2-5H2,1H3,(H2,6,9,10);. The summed E-state index contributed by atoms with van der Waals surface area (Å²) in [5, 5.41) is 0. The quantitative estimate of drug-likeness (QED) is 0.323. The summed E-state index contributed by atoms with van der Waals surface area (Å²) in [6.45, 7) is 2.64. The zero-order chi connectivity index (χ0) is 8.04. The van der Waals surface area contributed by atoms with E-state index in [1.54, 1.807) is 0 Å². The molecule has 6 heteroatoms. The molecule has 63 valence electrons. The van der Waals surface area contributed by atoms with Crippen molar-refractivity contribution in [2.75, 3.05) is 6.61 Å². The molecule has 0 aromatic heterocycles. The summed E-state index contributed by atoms with van der Waals surface area (Å²) >= 11 is 8.26. The molecule has 1 N–H and O–H groups in total. The van der Waals surface area contributed by atoms with Crippen molar-refractivity contribution in [3.8, 4) is 0 Å². The van der Waals surface area contributed by atoms with Crippen LogP contribution in [0.1, 0.15) is 26.2 Å². The van der Waals surface area contributed by atoms with Gasteiger partial charge in [-0.1, -0.05) is 32.0 Å². The van der Waals surface area contributed by atoms with Crippen LogP contribution in [-0.4, -0.2) is 41.1 Å². The monoisotopic (exact) mass is 223 g/mol. The predicted octanol–water partition coefficient (Wildman–Crippen LogP) is 1.96. The molecule has 0 saturated carbocycles. The molecule has 1 radical (unpaired) electrons. The topological polar surface area (TPSA) is 29.5 Å². The Hall–Kier alpha value is 1.92. The van der Waals surface area contributed by atoms with Crippen LogP contribution < -0.4 is 0 Å². The minimum absolute atomic E-state index is 0. The molecular formula is C5H13NaO2PS2. The van der Waals surface area contributed by atoms with E-state index >= 15 is 0 Å². The van der Waals surface area contributed by atoms with E-state index in [0.29, 0.717) is 6.61 Å². The van der Waals surface area contributed by atoms with Crippen LogP contribution >= 0.6 is 17.9 Å². The Bertz CT molecular complexity index is 128. The van der Waals surface area contributed by atoms with Crippen LogP contribution in [0.2, 0.25) is 0 Å². The van der Waals surface area contributed by atoms with Crippen molar-refractivity contribution in [2.24, 2.45) is 0 Å². The summed E-state index contributed by atoms with van der Waals surface area (Å²) in [6.07, 6.45) is 3.21. The van der Waals surface area contributed by atoms with Gasteiger partial charge in [0.1, 0.15) is 0 Å². The summed E-state index contributed by atoms with van der Waals surface area (Å²) in [6, 6.07) is 0. The molecule has 0 spiro atoms. The fourth-order valence-corrected chi connectivity index (χ4v) is 1.37. The molecule has 0 fully saturated rings. The van der Waals surface area contributed by atoms with Crippen molar-refractivity contribution < 1.29 is 9.42 Å². The molecule has 0 aliphatic rings. The smallest absolute Gasteiger partial charge is 0.241 e. The van der Waals surface area contributed by atoms with Crippen molar-refractivity contribution in [1.82, 2.24) is 0 Å². The van der Waals surface area contributed by atoms with Crippen molar-refractivity contribution in [1.29, 1.82) is 0 Å². The zero-order valence-corrected chi connectivity index (χ0v) is 11.6. The average molecular weight is 223 g/mol. The zero-order valence-electron chi connectivity index (χ0n) is 6.99. The van der Waals surface area contributed by atoms with Gasteiger partial charge in [0.05, 0.1) is 6.61 Å². The maximum atomic E-state index is 8.88. The van der Waals surface area contributed by atoms with Crippen molar-refractivity contribution >= 4 is 59.3 Å². The van der Waals surface area contributed by atoms with Gasteiger partial charge in [0.2, 0.25) is 5.69 Å². The minimum atomic E-state index is -2.68. The van der Waals surface area contributed by atoms with Crippen LogP contribution in [0.15, 0.2) is 0 Å². The maximum Gasteiger partial charge on any atom is 0.241 e. The van der Waals surface area contributed by atoms with Gasteiger partial charge in [0.15, 0.2) is 0 Å². The van der Waals surface area contributed by atoms with Gasteiger partial charge in [-0.3, -0.25) is 0 Å². The molecule has 0 saturated heterocycles. The molecule has 0 aromatic carbocycles. The van der Waals surface area contributed by atoms with Crippen molar-refractivity contribution in [3.63, 3.8) is 0 Å². The summed E-state index contributed by atoms with van der Waals surface area (Å²) in [5.74, 6) is 0. The Morgan fingerprint density at radius 1 is 1.55 bits per heavy atom. The second-order valence-electron chi connectivity index (χ2n) is 2.03. The first kappa shape index (κ1) is 15.4. The molecule has 0 amide bonds. The van der Waals surface area contributed by atoms with E-state index in [-0.39, 0.29) is 29.6 Å². The predicted molar refractivity (Wildman–Crippen MR) is 56.7 cm³/mol. The fraction of sp³-hybridized carbons (Fsp3) is 1.00. The van der Waals surface area contributed by atoms with Gasteiger partial charge in [-0.15, -0.1) is 0 Å². The van der Waals surface area contributed by atoms with Gasteiger partial charge in [0.25, 0.3) is 0 Å². The number of hydrogen-bond donors (Lipinski definition) is 2. The molecule has 0 rings (SSSR count). The largest absolute Gasteiger partial charge is 0.338 e. The van der Waals surface area contributed by atoms with Gasteiger partial charge in [-0.2, -0.15) is 0 Å². The van der Waals surface area contributed by atoms with Crippen LogP contribution in [0.3, 0.4) is 0 Å². The third kappa shape index (κ3) is 14.7. The van der Waals surface area contributed by atoms with E-state index in [9.17, 15) is 0 Å². The van der Waals surface area contributed by atoms with Gasteiger partial charge in [-0.25, -0.2) is 0 Å². The number of rotatable bonds is 5. The van der Waals surface area contributed by atoms with Gasteiger partial charge >= 0.3 is 0 Å². The van der Waals surface area contributed by atoms with E-state index in [1.807, 2.05) is 0 Å². The number of thiol groups is 1. The van der Waals surface area contributed by atoms with Gasteiger partial charge in [0, 0.05) is 29.6 Å².